The van der Waals surface area contributed by atoms with E-state index in [4.69, 9.17) is 5.11 Å². The first-order valence-electron chi connectivity index (χ1n) is 6.24. The number of rotatable bonds is 4. The average Bonchev–Trinajstić information content (AvgIpc) is 2.76. The van der Waals surface area contributed by atoms with Gasteiger partial charge in [0.2, 0.25) is 0 Å². The summed E-state index contributed by atoms with van der Waals surface area (Å²) in [6, 6.07) is 8.03. The first-order valence-corrected chi connectivity index (χ1v) is 6.24. The van der Waals surface area contributed by atoms with E-state index in [-0.39, 0.29) is 11.5 Å². The molecule has 1 aromatic heterocycles. The van der Waals surface area contributed by atoms with Crippen LogP contribution in [0.15, 0.2) is 30.3 Å². The number of aromatic carboxylic acids is 1. The van der Waals surface area contributed by atoms with Crippen LogP contribution in [-0.2, 0) is 6.54 Å². The number of halogens is 1. The monoisotopic (exact) mass is 261 g/mol. The molecule has 1 N–H and O–H groups in total. The Morgan fingerprint density at radius 3 is 2.68 bits per heavy atom. The normalized spacial score (nSPS) is 10.7. The van der Waals surface area contributed by atoms with Crippen molar-refractivity contribution in [2.45, 2.75) is 26.8 Å². The summed E-state index contributed by atoms with van der Waals surface area (Å²) in [5.41, 5.74) is 2.19. The molecule has 2 rings (SSSR count). The Bertz CT molecular complexity index is 617. The molecule has 0 spiro atoms. The van der Waals surface area contributed by atoms with Crippen molar-refractivity contribution in [3.8, 4) is 11.3 Å². The van der Waals surface area contributed by atoms with E-state index in [0.717, 1.165) is 12.0 Å². The fraction of sp³-hybridized carbons (Fsp3) is 0.267. The van der Waals surface area contributed by atoms with Crippen LogP contribution in [0.4, 0.5) is 4.39 Å². The predicted octanol–water partition coefficient (Wildman–Crippen LogP) is 3.71. The fourth-order valence-corrected chi connectivity index (χ4v) is 2.19. The molecule has 4 heteroatoms. The Hall–Kier alpha value is -2.10. The number of hydrogen-bond acceptors (Lipinski definition) is 1. The Morgan fingerprint density at radius 2 is 2.05 bits per heavy atom. The van der Waals surface area contributed by atoms with E-state index in [2.05, 4.69) is 0 Å². The fourth-order valence-electron chi connectivity index (χ4n) is 2.19. The summed E-state index contributed by atoms with van der Waals surface area (Å²) in [4.78, 5) is 11.2. The third-order valence-corrected chi connectivity index (χ3v) is 3.04. The summed E-state index contributed by atoms with van der Waals surface area (Å²) in [7, 11) is 0. The molecule has 0 unspecified atom stereocenters. The maximum Gasteiger partial charge on any atom is 0.352 e. The molecule has 0 saturated carbocycles. The van der Waals surface area contributed by atoms with Gasteiger partial charge < -0.3 is 9.67 Å². The molecule has 0 atom stereocenters. The molecule has 0 amide bonds. The number of benzene rings is 1. The quantitative estimate of drug-likeness (QED) is 0.911. The van der Waals surface area contributed by atoms with Gasteiger partial charge in [0.25, 0.3) is 0 Å². The van der Waals surface area contributed by atoms with Crippen molar-refractivity contribution in [1.82, 2.24) is 4.57 Å². The van der Waals surface area contributed by atoms with Crippen molar-refractivity contribution in [2.24, 2.45) is 0 Å². The lowest BCUT2D eigenvalue weighted by atomic mass is 10.1. The summed E-state index contributed by atoms with van der Waals surface area (Å²) in [5, 5.41) is 9.16. The van der Waals surface area contributed by atoms with E-state index in [9.17, 15) is 9.18 Å². The molecule has 0 radical (unpaired) electrons. The summed E-state index contributed by atoms with van der Waals surface area (Å²) in [6.07, 6.45) is 0.787. The highest BCUT2D eigenvalue weighted by Gasteiger charge is 2.16. The SMILES string of the molecule is CCCn1c(C(=O)O)ccc1-c1cc(C)ccc1F. The highest BCUT2D eigenvalue weighted by atomic mass is 19.1. The summed E-state index contributed by atoms with van der Waals surface area (Å²) >= 11 is 0. The first-order chi connectivity index (χ1) is 9.04. The van der Waals surface area contributed by atoms with Gasteiger partial charge in [0.05, 0.1) is 5.69 Å². The minimum Gasteiger partial charge on any atom is -0.477 e. The van der Waals surface area contributed by atoms with Crippen LogP contribution in [0.5, 0.6) is 0 Å². The highest BCUT2D eigenvalue weighted by Crippen LogP contribution is 2.26. The molecular weight excluding hydrogens is 245 g/mol. The number of hydrogen-bond donors (Lipinski definition) is 1. The minimum atomic E-state index is -0.993. The lowest BCUT2D eigenvalue weighted by molar-refractivity contribution is 0.0685. The topological polar surface area (TPSA) is 42.2 Å². The number of carbonyl (C=O) groups is 1. The molecule has 1 aromatic carbocycles. The molecule has 0 fully saturated rings. The van der Waals surface area contributed by atoms with Crippen LogP contribution in [0.2, 0.25) is 0 Å². The van der Waals surface area contributed by atoms with Gasteiger partial charge >= 0.3 is 5.97 Å². The highest BCUT2D eigenvalue weighted by molar-refractivity contribution is 5.87. The smallest absolute Gasteiger partial charge is 0.352 e. The molecular formula is C15H16FNO2. The zero-order valence-electron chi connectivity index (χ0n) is 11.0. The van der Waals surface area contributed by atoms with Gasteiger partial charge in [0, 0.05) is 12.1 Å². The second kappa shape index (κ2) is 5.26. The van der Waals surface area contributed by atoms with E-state index in [1.165, 1.54) is 12.1 Å². The van der Waals surface area contributed by atoms with E-state index >= 15 is 0 Å². The van der Waals surface area contributed by atoms with Crippen LogP contribution in [0, 0.1) is 12.7 Å². The van der Waals surface area contributed by atoms with Crippen molar-refractivity contribution in [1.29, 1.82) is 0 Å². The first kappa shape index (κ1) is 13.3. The van der Waals surface area contributed by atoms with E-state index in [1.54, 1.807) is 22.8 Å². The molecule has 0 aliphatic carbocycles. The van der Waals surface area contributed by atoms with Crippen LogP contribution in [0.3, 0.4) is 0 Å². The molecule has 3 nitrogen and oxygen atoms in total. The lowest BCUT2D eigenvalue weighted by Gasteiger charge is -2.11. The molecule has 0 aliphatic heterocycles. The lowest BCUT2D eigenvalue weighted by Crippen LogP contribution is -2.09. The third-order valence-electron chi connectivity index (χ3n) is 3.04. The maximum atomic E-state index is 13.9. The van der Waals surface area contributed by atoms with Gasteiger partial charge in [-0.15, -0.1) is 0 Å². The molecule has 19 heavy (non-hydrogen) atoms. The predicted molar refractivity (Wildman–Crippen MR) is 71.8 cm³/mol. The molecule has 2 aromatic rings. The number of aryl methyl sites for hydroxylation is 1. The van der Waals surface area contributed by atoms with Crippen LogP contribution >= 0.6 is 0 Å². The van der Waals surface area contributed by atoms with Gasteiger partial charge in [-0.25, -0.2) is 9.18 Å². The second-order valence-electron chi connectivity index (χ2n) is 4.54. The van der Waals surface area contributed by atoms with E-state index in [1.807, 2.05) is 13.8 Å². The molecule has 0 bridgehead atoms. The van der Waals surface area contributed by atoms with Gasteiger partial charge in [0.15, 0.2) is 0 Å². The zero-order valence-corrected chi connectivity index (χ0v) is 11.0. The minimum absolute atomic E-state index is 0.192. The van der Waals surface area contributed by atoms with Crippen LogP contribution in [0.25, 0.3) is 11.3 Å². The molecule has 100 valence electrons. The van der Waals surface area contributed by atoms with E-state index < -0.39 is 5.97 Å². The van der Waals surface area contributed by atoms with Crippen molar-refractivity contribution < 1.29 is 14.3 Å². The Morgan fingerprint density at radius 1 is 1.32 bits per heavy atom. The molecule has 0 aliphatic rings. The van der Waals surface area contributed by atoms with Crippen LogP contribution in [0.1, 0.15) is 29.4 Å². The number of carboxylic acids is 1. The number of nitrogens with zero attached hydrogens (tertiary/aromatic N) is 1. The van der Waals surface area contributed by atoms with Crippen molar-refractivity contribution >= 4 is 5.97 Å². The number of aromatic nitrogens is 1. The maximum absolute atomic E-state index is 13.9. The van der Waals surface area contributed by atoms with Gasteiger partial charge in [-0.05, 0) is 37.6 Å². The van der Waals surface area contributed by atoms with E-state index in [0.29, 0.717) is 17.8 Å². The molecule has 0 saturated heterocycles. The third kappa shape index (κ3) is 2.52. The largest absolute Gasteiger partial charge is 0.477 e. The van der Waals surface area contributed by atoms with Crippen molar-refractivity contribution in [3.63, 3.8) is 0 Å². The number of carboxylic acid groups (broad SMARTS) is 1. The average molecular weight is 261 g/mol. The van der Waals surface area contributed by atoms with Gasteiger partial charge in [-0.1, -0.05) is 18.6 Å². The van der Waals surface area contributed by atoms with Gasteiger partial charge in [0.1, 0.15) is 11.5 Å². The van der Waals surface area contributed by atoms with Crippen molar-refractivity contribution in [2.75, 3.05) is 0 Å². The standard InChI is InChI=1S/C15H16FNO2/c1-3-8-17-13(6-7-14(17)15(18)19)11-9-10(2)4-5-12(11)16/h4-7,9H,3,8H2,1-2H3,(H,18,19). The second-order valence-corrected chi connectivity index (χ2v) is 4.54. The Labute approximate surface area is 111 Å². The Balaban J connectivity index is 2.61. The van der Waals surface area contributed by atoms with Crippen LogP contribution < -0.4 is 0 Å². The summed E-state index contributed by atoms with van der Waals surface area (Å²) < 4.78 is 15.6. The van der Waals surface area contributed by atoms with Gasteiger partial charge in [-0.2, -0.15) is 0 Å². The summed E-state index contributed by atoms with van der Waals surface area (Å²) in [5.74, 6) is -1.33. The van der Waals surface area contributed by atoms with Gasteiger partial charge in [-0.3, -0.25) is 0 Å². The van der Waals surface area contributed by atoms with Crippen LogP contribution in [-0.4, -0.2) is 15.6 Å². The van der Waals surface area contributed by atoms with Crippen molar-refractivity contribution in [3.05, 3.63) is 47.4 Å². The summed E-state index contributed by atoms with van der Waals surface area (Å²) in [6.45, 7) is 4.40. The Kier molecular flexibility index (Phi) is 3.69. The zero-order chi connectivity index (χ0) is 14.0. The molecule has 1 heterocycles.